The number of nitrogens with one attached hydrogen (secondary N) is 1. The Bertz CT molecular complexity index is 835. The molecule has 0 aliphatic rings. The number of carbonyl (C=O) groups is 1. The highest BCUT2D eigenvalue weighted by molar-refractivity contribution is 7.92. The SMILES string of the molecule is Cc1ccc(NC(=O)C(C)N(c2cccc(Cl)c2)S(C)(=O)=O)cc1. The maximum absolute atomic E-state index is 12.5. The number of halogens is 1. The zero-order chi connectivity index (χ0) is 17.9. The van der Waals surface area contributed by atoms with Crippen LogP contribution in [0.5, 0.6) is 0 Å². The van der Waals surface area contributed by atoms with Crippen molar-refractivity contribution in [2.75, 3.05) is 15.9 Å². The topological polar surface area (TPSA) is 66.5 Å². The maximum Gasteiger partial charge on any atom is 0.247 e. The summed E-state index contributed by atoms with van der Waals surface area (Å²) in [6, 6.07) is 12.7. The molecule has 24 heavy (non-hydrogen) atoms. The number of carbonyl (C=O) groups excluding carboxylic acids is 1. The molecule has 2 rings (SSSR count). The molecule has 0 saturated carbocycles. The number of sulfonamides is 1. The van der Waals surface area contributed by atoms with E-state index in [9.17, 15) is 13.2 Å². The summed E-state index contributed by atoms with van der Waals surface area (Å²) in [6.07, 6.45) is 1.06. The van der Waals surface area contributed by atoms with Gasteiger partial charge in [-0.2, -0.15) is 0 Å². The highest BCUT2D eigenvalue weighted by Crippen LogP contribution is 2.24. The van der Waals surface area contributed by atoms with Gasteiger partial charge in [-0.1, -0.05) is 35.4 Å². The number of anilines is 2. The van der Waals surface area contributed by atoms with Gasteiger partial charge in [0.05, 0.1) is 11.9 Å². The van der Waals surface area contributed by atoms with Crippen molar-refractivity contribution < 1.29 is 13.2 Å². The first-order chi connectivity index (χ1) is 11.2. The number of rotatable bonds is 5. The summed E-state index contributed by atoms with van der Waals surface area (Å²) < 4.78 is 25.4. The molecular formula is C17H19ClN2O3S. The van der Waals surface area contributed by atoms with E-state index >= 15 is 0 Å². The van der Waals surface area contributed by atoms with Crippen molar-refractivity contribution in [2.45, 2.75) is 19.9 Å². The Morgan fingerprint density at radius 1 is 1.17 bits per heavy atom. The summed E-state index contributed by atoms with van der Waals surface area (Å²) >= 11 is 5.95. The van der Waals surface area contributed by atoms with Crippen LogP contribution in [0.1, 0.15) is 12.5 Å². The highest BCUT2D eigenvalue weighted by atomic mass is 35.5. The van der Waals surface area contributed by atoms with Crippen LogP contribution >= 0.6 is 11.6 Å². The van der Waals surface area contributed by atoms with Gasteiger partial charge in [0.25, 0.3) is 0 Å². The summed E-state index contributed by atoms with van der Waals surface area (Å²) in [4.78, 5) is 12.5. The van der Waals surface area contributed by atoms with Gasteiger partial charge >= 0.3 is 0 Å². The largest absolute Gasteiger partial charge is 0.324 e. The lowest BCUT2D eigenvalue weighted by Gasteiger charge is -2.28. The quantitative estimate of drug-likeness (QED) is 0.881. The molecule has 0 aliphatic carbocycles. The van der Waals surface area contributed by atoms with Crippen LogP contribution < -0.4 is 9.62 Å². The van der Waals surface area contributed by atoms with Crippen molar-refractivity contribution >= 4 is 38.9 Å². The van der Waals surface area contributed by atoms with Crippen molar-refractivity contribution in [3.05, 3.63) is 59.1 Å². The molecule has 0 bridgehead atoms. The second-order valence-electron chi connectivity index (χ2n) is 5.57. The first-order valence-electron chi connectivity index (χ1n) is 7.31. The molecule has 0 saturated heterocycles. The molecule has 5 nitrogen and oxygen atoms in total. The number of nitrogens with zero attached hydrogens (tertiary/aromatic N) is 1. The molecule has 1 N–H and O–H groups in total. The van der Waals surface area contributed by atoms with Gasteiger partial charge in [-0.05, 0) is 44.2 Å². The maximum atomic E-state index is 12.5. The van der Waals surface area contributed by atoms with Crippen LogP contribution in [0, 0.1) is 6.92 Å². The molecule has 7 heteroatoms. The third kappa shape index (κ3) is 4.49. The summed E-state index contributed by atoms with van der Waals surface area (Å²) in [6.45, 7) is 3.48. The van der Waals surface area contributed by atoms with E-state index in [-0.39, 0.29) is 0 Å². The van der Waals surface area contributed by atoms with Crippen molar-refractivity contribution in [2.24, 2.45) is 0 Å². The van der Waals surface area contributed by atoms with E-state index < -0.39 is 22.0 Å². The van der Waals surface area contributed by atoms with Crippen LogP contribution in [0.4, 0.5) is 11.4 Å². The predicted octanol–water partition coefficient (Wildman–Crippen LogP) is 3.44. The monoisotopic (exact) mass is 366 g/mol. The normalized spacial score (nSPS) is 12.5. The van der Waals surface area contributed by atoms with Gasteiger partial charge in [-0.25, -0.2) is 8.42 Å². The molecule has 0 heterocycles. The Morgan fingerprint density at radius 2 is 1.79 bits per heavy atom. The van der Waals surface area contributed by atoms with E-state index in [0.717, 1.165) is 16.1 Å². The molecule has 0 aromatic heterocycles. The van der Waals surface area contributed by atoms with Crippen LogP contribution in [0.3, 0.4) is 0 Å². The van der Waals surface area contributed by atoms with Gasteiger partial charge in [-0.3, -0.25) is 9.10 Å². The summed E-state index contributed by atoms with van der Waals surface area (Å²) in [5.74, 6) is -0.427. The zero-order valence-electron chi connectivity index (χ0n) is 13.7. The molecule has 0 aliphatic heterocycles. The minimum absolute atomic E-state index is 0.344. The average molecular weight is 367 g/mol. The van der Waals surface area contributed by atoms with E-state index in [1.54, 1.807) is 30.3 Å². The van der Waals surface area contributed by atoms with Gasteiger partial charge in [0.15, 0.2) is 0 Å². The van der Waals surface area contributed by atoms with E-state index in [1.165, 1.54) is 13.0 Å². The van der Waals surface area contributed by atoms with Gasteiger partial charge in [0, 0.05) is 10.7 Å². The van der Waals surface area contributed by atoms with E-state index in [0.29, 0.717) is 16.4 Å². The smallest absolute Gasteiger partial charge is 0.247 e. The Labute approximate surface area is 147 Å². The lowest BCUT2D eigenvalue weighted by atomic mass is 10.2. The molecular weight excluding hydrogens is 348 g/mol. The fourth-order valence-corrected chi connectivity index (χ4v) is 3.66. The predicted molar refractivity (Wildman–Crippen MR) is 98.0 cm³/mol. The molecule has 1 atom stereocenters. The number of hydrogen-bond donors (Lipinski definition) is 1. The third-order valence-electron chi connectivity index (χ3n) is 3.47. The zero-order valence-corrected chi connectivity index (χ0v) is 15.2. The average Bonchev–Trinajstić information content (AvgIpc) is 2.48. The van der Waals surface area contributed by atoms with Crippen LogP contribution in [0.2, 0.25) is 5.02 Å². The fraction of sp³-hybridized carbons (Fsp3) is 0.235. The second kappa shape index (κ2) is 7.23. The molecule has 0 radical (unpaired) electrons. The van der Waals surface area contributed by atoms with Crippen LogP contribution in [0.15, 0.2) is 48.5 Å². The Hall–Kier alpha value is -2.05. The van der Waals surface area contributed by atoms with Crippen molar-refractivity contribution in [3.8, 4) is 0 Å². The molecule has 0 fully saturated rings. The van der Waals surface area contributed by atoms with Gasteiger partial charge in [-0.15, -0.1) is 0 Å². The number of benzene rings is 2. The standard InChI is InChI=1S/C17H19ClN2O3S/c1-12-7-9-15(10-8-12)19-17(21)13(2)20(24(3,22)23)16-6-4-5-14(18)11-16/h4-11,13H,1-3H3,(H,19,21). The van der Waals surface area contributed by atoms with Gasteiger partial charge in [0.1, 0.15) is 6.04 Å². The van der Waals surface area contributed by atoms with Crippen LogP contribution in [0.25, 0.3) is 0 Å². The second-order valence-corrected chi connectivity index (χ2v) is 7.87. The summed E-state index contributed by atoms with van der Waals surface area (Å²) in [7, 11) is -3.66. The third-order valence-corrected chi connectivity index (χ3v) is 4.95. The first kappa shape index (κ1) is 18.3. The summed E-state index contributed by atoms with van der Waals surface area (Å²) in [5, 5.41) is 3.12. The van der Waals surface area contributed by atoms with E-state index in [2.05, 4.69) is 5.32 Å². The summed E-state index contributed by atoms with van der Waals surface area (Å²) in [5.41, 5.74) is 2.02. The number of amides is 1. The molecule has 1 unspecified atom stereocenters. The van der Waals surface area contributed by atoms with E-state index in [4.69, 9.17) is 11.6 Å². The Morgan fingerprint density at radius 3 is 2.33 bits per heavy atom. The first-order valence-corrected chi connectivity index (χ1v) is 9.53. The minimum atomic E-state index is -3.66. The minimum Gasteiger partial charge on any atom is -0.324 e. The van der Waals surface area contributed by atoms with Crippen LogP contribution in [-0.2, 0) is 14.8 Å². The van der Waals surface area contributed by atoms with Crippen molar-refractivity contribution in [3.63, 3.8) is 0 Å². The molecule has 0 spiro atoms. The number of aryl methyl sites for hydroxylation is 1. The Kier molecular flexibility index (Phi) is 5.51. The molecule has 2 aromatic rings. The van der Waals surface area contributed by atoms with Crippen molar-refractivity contribution in [1.29, 1.82) is 0 Å². The van der Waals surface area contributed by atoms with Gasteiger partial charge in [0.2, 0.25) is 15.9 Å². The van der Waals surface area contributed by atoms with E-state index in [1.807, 2.05) is 19.1 Å². The lowest BCUT2D eigenvalue weighted by Crippen LogP contribution is -2.45. The molecule has 2 aromatic carbocycles. The molecule has 1 amide bonds. The highest BCUT2D eigenvalue weighted by Gasteiger charge is 2.29. The van der Waals surface area contributed by atoms with Crippen molar-refractivity contribution in [1.82, 2.24) is 0 Å². The lowest BCUT2D eigenvalue weighted by molar-refractivity contribution is -0.116. The fourth-order valence-electron chi connectivity index (χ4n) is 2.31. The van der Waals surface area contributed by atoms with Crippen LogP contribution in [-0.4, -0.2) is 26.6 Å². The number of hydrogen-bond acceptors (Lipinski definition) is 3. The molecule has 128 valence electrons. The van der Waals surface area contributed by atoms with Gasteiger partial charge < -0.3 is 5.32 Å². The Balaban J connectivity index is 2.29.